The van der Waals surface area contributed by atoms with E-state index in [0.29, 0.717) is 5.25 Å². The van der Waals surface area contributed by atoms with Crippen molar-refractivity contribution in [2.24, 2.45) is 5.73 Å². The molecular weight excluding hydrogens is 254 g/mol. The van der Waals surface area contributed by atoms with E-state index in [1.807, 2.05) is 24.9 Å². The average Bonchev–Trinajstić information content (AvgIpc) is 2.95. The number of fused-ring (bicyclic) bond motifs is 1. The van der Waals surface area contributed by atoms with Crippen LogP contribution in [0.1, 0.15) is 18.3 Å². The SMILES string of the molecule is CC(N)Cc1nccn1CC1Cc2ccccc2S1. The number of nitrogens with two attached hydrogens (primary N) is 1. The Hall–Kier alpha value is -1.26. The third-order valence-corrected chi connectivity index (χ3v) is 4.72. The second-order valence-corrected chi connectivity index (χ2v) is 6.57. The largest absolute Gasteiger partial charge is 0.334 e. The van der Waals surface area contributed by atoms with Crippen molar-refractivity contribution in [2.45, 2.75) is 42.5 Å². The zero-order valence-corrected chi connectivity index (χ0v) is 11.9. The molecule has 0 spiro atoms. The number of hydrogen-bond acceptors (Lipinski definition) is 3. The van der Waals surface area contributed by atoms with Gasteiger partial charge < -0.3 is 10.3 Å². The maximum Gasteiger partial charge on any atom is 0.110 e. The molecule has 1 aromatic heterocycles. The summed E-state index contributed by atoms with van der Waals surface area (Å²) in [5.74, 6) is 1.10. The first kappa shape index (κ1) is 12.8. The van der Waals surface area contributed by atoms with Gasteiger partial charge in [0.2, 0.25) is 0 Å². The Kier molecular flexibility index (Phi) is 3.62. The fraction of sp³-hybridized carbons (Fsp3) is 0.400. The van der Waals surface area contributed by atoms with Crippen LogP contribution in [0.2, 0.25) is 0 Å². The Morgan fingerprint density at radius 3 is 3.11 bits per heavy atom. The summed E-state index contributed by atoms with van der Waals surface area (Å²) >= 11 is 1.98. The number of aromatic nitrogens is 2. The highest BCUT2D eigenvalue weighted by atomic mass is 32.2. The highest BCUT2D eigenvalue weighted by molar-refractivity contribution is 8.00. The maximum atomic E-state index is 5.87. The fourth-order valence-corrected chi connectivity index (χ4v) is 3.88. The third kappa shape index (κ3) is 2.85. The fourth-order valence-electron chi connectivity index (χ4n) is 2.56. The zero-order chi connectivity index (χ0) is 13.2. The molecule has 2 unspecified atom stereocenters. The first-order chi connectivity index (χ1) is 9.22. The van der Waals surface area contributed by atoms with Crippen LogP contribution in [-0.4, -0.2) is 20.8 Å². The lowest BCUT2D eigenvalue weighted by Crippen LogP contribution is -2.22. The summed E-state index contributed by atoms with van der Waals surface area (Å²) < 4.78 is 2.26. The van der Waals surface area contributed by atoms with Crippen molar-refractivity contribution < 1.29 is 0 Å². The molecule has 2 aromatic rings. The summed E-state index contributed by atoms with van der Waals surface area (Å²) in [5.41, 5.74) is 7.35. The van der Waals surface area contributed by atoms with Crippen LogP contribution < -0.4 is 5.73 Å². The Morgan fingerprint density at radius 2 is 2.32 bits per heavy atom. The van der Waals surface area contributed by atoms with Crippen LogP contribution in [-0.2, 0) is 19.4 Å². The van der Waals surface area contributed by atoms with Crippen LogP contribution in [0.3, 0.4) is 0 Å². The summed E-state index contributed by atoms with van der Waals surface area (Å²) in [6.45, 7) is 3.04. The van der Waals surface area contributed by atoms with Gasteiger partial charge in [0.25, 0.3) is 0 Å². The van der Waals surface area contributed by atoms with E-state index < -0.39 is 0 Å². The molecule has 1 aromatic carbocycles. The van der Waals surface area contributed by atoms with Crippen molar-refractivity contribution in [3.05, 3.63) is 48.0 Å². The van der Waals surface area contributed by atoms with E-state index in [2.05, 4.69) is 40.0 Å². The van der Waals surface area contributed by atoms with E-state index in [-0.39, 0.29) is 6.04 Å². The van der Waals surface area contributed by atoms with Crippen molar-refractivity contribution in [3.63, 3.8) is 0 Å². The van der Waals surface area contributed by atoms with Crippen LogP contribution in [0.4, 0.5) is 0 Å². The molecule has 2 N–H and O–H groups in total. The van der Waals surface area contributed by atoms with Crippen molar-refractivity contribution in [1.82, 2.24) is 9.55 Å². The number of rotatable bonds is 4. The molecule has 0 bridgehead atoms. The lowest BCUT2D eigenvalue weighted by molar-refractivity contribution is 0.599. The second-order valence-electron chi connectivity index (χ2n) is 5.23. The van der Waals surface area contributed by atoms with Crippen LogP contribution >= 0.6 is 11.8 Å². The molecule has 0 saturated carbocycles. The Labute approximate surface area is 118 Å². The predicted molar refractivity (Wildman–Crippen MR) is 79.4 cm³/mol. The van der Waals surface area contributed by atoms with Gasteiger partial charge in [-0.2, -0.15) is 0 Å². The minimum absolute atomic E-state index is 0.162. The maximum absolute atomic E-state index is 5.87. The summed E-state index contributed by atoms with van der Waals surface area (Å²) in [6.07, 6.45) is 5.94. The van der Waals surface area contributed by atoms with Gasteiger partial charge in [-0.1, -0.05) is 18.2 Å². The smallest absolute Gasteiger partial charge is 0.110 e. The van der Waals surface area contributed by atoms with E-state index in [0.717, 1.165) is 25.2 Å². The van der Waals surface area contributed by atoms with Gasteiger partial charge in [-0.3, -0.25) is 0 Å². The van der Waals surface area contributed by atoms with E-state index in [1.54, 1.807) is 0 Å². The highest BCUT2D eigenvalue weighted by Crippen LogP contribution is 2.37. The number of benzene rings is 1. The Morgan fingerprint density at radius 1 is 1.47 bits per heavy atom. The van der Waals surface area contributed by atoms with E-state index in [4.69, 9.17) is 5.73 Å². The molecule has 4 heteroatoms. The number of hydrogen-bond donors (Lipinski definition) is 1. The second kappa shape index (κ2) is 5.39. The molecule has 0 fully saturated rings. The molecule has 0 radical (unpaired) electrons. The van der Waals surface area contributed by atoms with Gasteiger partial charge in [0.15, 0.2) is 0 Å². The van der Waals surface area contributed by atoms with Gasteiger partial charge in [0.1, 0.15) is 5.82 Å². The van der Waals surface area contributed by atoms with E-state index >= 15 is 0 Å². The minimum atomic E-state index is 0.162. The summed E-state index contributed by atoms with van der Waals surface area (Å²) in [7, 11) is 0. The van der Waals surface area contributed by atoms with Gasteiger partial charge in [0.05, 0.1) is 0 Å². The molecule has 19 heavy (non-hydrogen) atoms. The number of thioether (sulfide) groups is 1. The molecular formula is C15H19N3S. The van der Waals surface area contributed by atoms with Gasteiger partial charge >= 0.3 is 0 Å². The predicted octanol–water partition coefficient (Wildman–Crippen LogP) is 2.49. The van der Waals surface area contributed by atoms with Crippen molar-refractivity contribution in [1.29, 1.82) is 0 Å². The van der Waals surface area contributed by atoms with Crippen LogP contribution in [0.15, 0.2) is 41.6 Å². The van der Waals surface area contributed by atoms with Crippen LogP contribution in [0, 0.1) is 0 Å². The van der Waals surface area contributed by atoms with Crippen LogP contribution in [0.25, 0.3) is 0 Å². The zero-order valence-electron chi connectivity index (χ0n) is 11.1. The van der Waals surface area contributed by atoms with Crippen LogP contribution in [0.5, 0.6) is 0 Å². The van der Waals surface area contributed by atoms with E-state index in [1.165, 1.54) is 10.5 Å². The quantitative estimate of drug-likeness (QED) is 0.931. The molecule has 0 saturated heterocycles. The first-order valence-electron chi connectivity index (χ1n) is 6.72. The molecule has 0 aliphatic carbocycles. The monoisotopic (exact) mass is 273 g/mol. The summed E-state index contributed by atoms with van der Waals surface area (Å²) in [5, 5.41) is 0.610. The average molecular weight is 273 g/mol. The van der Waals surface area contributed by atoms with Gasteiger partial charge in [-0.15, -0.1) is 11.8 Å². The summed E-state index contributed by atoms with van der Waals surface area (Å²) in [6, 6.07) is 8.86. The van der Waals surface area contributed by atoms with Crippen molar-refractivity contribution >= 4 is 11.8 Å². The molecule has 3 nitrogen and oxygen atoms in total. The normalized spacial score (nSPS) is 19.4. The molecule has 1 aliphatic heterocycles. The van der Waals surface area contributed by atoms with Gasteiger partial charge in [-0.05, 0) is 25.0 Å². The molecule has 3 rings (SSSR count). The number of imidazole rings is 1. The highest BCUT2D eigenvalue weighted by Gasteiger charge is 2.22. The first-order valence-corrected chi connectivity index (χ1v) is 7.60. The molecule has 2 heterocycles. The Balaban J connectivity index is 1.69. The molecule has 1 aliphatic rings. The minimum Gasteiger partial charge on any atom is -0.334 e. The van der Waals surface area contributed by atoms with Crippen molar-refractivity contribution in [2.75, 3.05) is 0 Å². The third-order valence-electron chi connectivity index (χ3n) is 3.42. The topological polar surface area (TPSA) is 43.8 Å². The lowest BCUT2D eigenvalue weighted by Gasteiger charge is -2.13. The lowest BCUT2D eigenvalue weighted by atomic mass is 10.1. The van der Waals surface area contributed by atoms with Gasteiger partial charge in [0, 0.05) is 41.5 Å². The molecule has 100 valence electrons. The standard InChI is InChI=1S/C15H19N3S/c1-11(16)8-15-17-6-7-18(15)10-13-9-12-4-2-3-5-14(12)19-13/h2-7,11,13H,8-10,16H2,1H3. The molecule has 2 atom stereocenters. The summed E-state index contributed by atoms with van der Waals surface area (Å²) in [4.78, 5) is 5.85. The Bertz CT molecular complexity index is 537. The molecule has 0 amide bonds. The van der Waals surface area contributed by atoms with Gasteiger partial charge in [-0.25, -0.2) is 4.98 Å². The number of nitrogens with zero attached hydrogens (tertiary/aromatic N) is 2. The van der Waals surface area contributed by atoms with E-state index in [9.17, 15) is 0 Å². The van der Waals surface area contributed by atoms with Crippen molar-refractivity contribution in [3.8, 4) is 0 Å².